The van der Waals surface area contributed by atoms with Crippen LogP contribution in [0.25, 0.3) is 0 Å². The normalized spacial score (nSPS) is 22.0. The predicted molar refractivity (Wildman–Crippen MR) is 80.1 cm³/mol. The van der Waals surface area contributed by atoms with Crippen molar-refractivity contribution in [2.45, 2.75) is 39.5 Å². The molecule has 1 aliphatic carbocycles. The van der Waals surface area contributed by atoms with E-state index in [0.717, 1.165) is 12.8 Å². The van der Waals surface area contributed by atoms with Gasteiger partial charge in [0.1, 0.15) is 0 Å². The average Bonchev–Trinajstić information content (AvgIpc) is 2.44. The van der Waals surface area contributed by atoms with Crippen molar-refractivity contribution >= 4 is 12.0 Å². The van der Waals surface area contributed by atoms with Crippen LogP contribution in [0.2, 0.25) is 0 Å². The molecule has 1 saturated carbocycles. The molecule has 0 spiro atoms. The lowest BCUT2D eigenvalue weighted by Crippen LogP contribution is -2.40. The second kappa shape index (κ2) is 9.60. The van der Waals surface area contributed by atoms with E-state index in [4.69, 9.17) is 9.84 Å². The van der Waals surface area contributed by atoms with Crippen LogP contribution in [0.5, 0.6) is 0 Å². The van der Waals surface area contributed by atoms with Gasteiger partial charge in [0.15, 0.2) is 0 Å². The number of carbonyl (C=O) groups is 2. The van der Waals surface area contributed by atoms with Gasteiger partial charge >= 0.3 is 12.0 Å². The van der Waals surface area contributed by atoms with Crippen molar-refractivity contribution in [1.29, 1.82) is 0 Å². The van der Waals surface area contributed by atoms with Gasteiger partial charge in [-0.15, -0.1) is 0 Å². The molecular formula is C15H28N2O4. The van der Waals surface area contributed by atoms with Gasteiger partial charge in [-0.05, 0) is 37.5 Å². The first-order valence-corrected chi connectivity index (χ1v) is 7.81. The van der Waals surface area contributed by atoms with Crippen molar-refractivity contribution in [3.8, 4) is 0 Å². The minimum absolute atomic E-state index is 0.177. The van der Waals surface area contributed by atoms with Crippen molar-refractivity contribution in [3.05, 3.63) is 0 Å². The molecule has 0 radical (unpaired) electrons. The molecule has 0 aromatic heterocycles. The Kier molecular flexibility index (Phi) is 8.12. The highest BCUT2D eigenvalue weighted by Gasteiger charge is 2.25. The summed E-state index contributed by atoms with van der Waals surface area (Å²) < 4.78 is 5.38. The van der Waals surface area contributed by atoms with Crippen molar-refractivity contribution in [2.24, 2.45) is 17.8 Å². The molecule has 6 heteroatoms. The highest BCUT2D eigenvalue weighted by atomic mass is 16.5. The van der Waals surface area contributed by atoms with E-state index in [1.54, 1.807) is 0 Å². The largest absolute Gasteiger partial charge is 0.481 e. The van der Waals surface area contributed by atoms with E-state index < -0.39 is 5.97 Å². The topological polar surface area (TPSA) is 87.7 Å². The fourth-order valence-corrected chi connectivity index (χ4v) is 2.47. The SMILES string of the molecule is CC(C)COCCNC(=O)NCC1CCC(C(=O)O)CC1. The molecule has 0 heterocycles. The fourth-order valence-electron chi connectivity index (χ4n) is 2.47. The molecular weight excluding hydrogens is 272 g/mol. The Morgan fingerprint density at radius 3 is 2.43 bits per heavy atom. The maximum atomic E-state index is 11.6. The number of carboxylic acids is 1. The van der Waals surface area contributed by atoms with Gasteiger partial charge in [0.25, 0.3) is 0 Å². The fraction of sp³-hybridized carbons (Fsp3) is 0.867. The molecule has 0 aromatic rings. The number of carbonyl (C=O) groups excluding carboxylic acids is 1. The van der Waals surface area contributed by atoms with Gasteiger partial charge in [-0.1, -0.05) is 13.8 Å². The number of ether oxygens (including phenoxy) is 1. The van der Waals surface area contributed by atoms with Crippen molar-refractivity contribution < 1.29 is 19.4 Å². The van der Waals surface area contributed by atoms with E-state index in [9.17, 15) is 9.59 Å². The van der Waals surface area contributed by atoms with Crippen LogP contribution in [-0.2, 0) is 9.53 Å². The lowest BCUT2D eigenvalue weighted by Gasteiger charge is -2.26. The Morgan fingerprint density at radius 2 is 1.86 bits per heavy atom. The minimum Gasteiger partial charge on any atom is -0.481 e. The van der Waals surface area contributed by atoms with E-state index in [-0.39, 0.29) is 11.9 Å². The van der Waals surface area contributed by atoms with Crippen LogP contribution in [0.15, 0.2) is 0 Å². The quantitative estimate of drug-likeness (QED) is 0.597. The van der Waals surface area contributed by atoms with Crippen LogP contribution in [-0.4, -0.2) is 43.4 Å². The molecule has 6 nitrogen and oxygen atoms in total. The second-order valence-corrected chi connectivity index (χ2v) is 6.16. The molecule has 2 amide bonds. The zero-order valence-corrected chi connectivity index (χ0v) is 13.1. The average molecular weight is 300 g/mol. The number of rotatable bonds is 8. The summed E-state index contributed by atoms with van der Waals surface area (Å²) in [7, 11) is 0. The van der Waals surface area contributed by atoms with Gasteiger partial charge in [0, 0.05) is 19.7 Å². The molecule has 1 fully saturated rings. The van der Waals surface area contributed by atoms with Crippen molar-refractivity contribution in [1.82, 2.24) is 10.6 Å². The van der Waals surface area contributed by atoms with Gasteiger partial charge in [-0.25, -0.2) is 4.79 Å². The Morgan fingerprint density at radius 1 is 1.19 bits per heavy atom. The first-order valence-electron chi connectivity index (χ1n) is 7.81. The van der Waals surface area contributed by atoms with Crippen LogP contribution in [0.3, 0.4) is 0 Å². The number of aliphatic carboxylic acids is 1. The summed E-state index contributed by atoms with van der Waals surface area (Å²) in [6, 6.07) is -0.177. The van der Waals surface area contributed by atoms with Crippen LogP contribution < -0.4 is 10.6 Å². The number of amides is 2. The Labute approximate surface area is 126 Å². The van der Waals surface area contributed by atoms with Gasteiger partial charge in [-0.2, -0.15) is 0 Å². The summed E-state index contributed by atoms with van der Waals surface area (Å²) in [5.74, 6) is -0.00275. The van der Waals surface area contributed by atoms with Crippen LogP contribution in [0.4, 0.5) is 4.79 Å². The highest BCUT2D eigenvalue weighted by Crippen LogP contribution is 2.28. The Balaban J connectivity index is 2.02. The monoisotopic (exact) mass is 300 g/mol. The molecule has 0 aromatic carbocycles. The van der Waals surface area contributed by atoms with Gasteiger partial charge < -0.3 is 20.5 Å². The Hall–Kier alpha value is -1.30. The summed E-state index contributed by atoms with van der Waals surface area (Å²) in [4.78, 5) is 22.4. The second-order valence-electron chi connectivity index (χ2n) is 6.16. The first kappa shape index (κ1) is 17.8. The molecule has 0 saturated heterocycles. The zero-order chi connectivity index (χ0) is 15.7. The molecule has 0 bridgehead atoms. The molecule has 0 unspecified atom stereocenters. The van der Waals surface area contributed by atoms with Crippen LogP contribution in [0.1, 0.15) is 39.5 Å². The van der Waals surface area contributed by atoms with E-state index >= 15 is 0 Å². The number of hydrogen-bond donors (Lipinski definition) is 3. The molecule has 21 heavy (non-hydrogen) atoms. The summed E-state index contributed by atoms with van der Waals surface area (Å²) in [6.07, 6.45) is 3.17. The molecule has 1 aliphatic rings. The van der Waals surface area contributed by atoms with Crippen molar-refractivity contribution in [3.63, 3.8) is 0 Å². The van der Waals surface area contributed by atoms with E-state index in [1.165, 1.54) is 0 Å². The van der Waals surface area contributed by atoms with Crippen molar-refractivity contribution in [2.75, 3.05) is 26.3 Å². The third kappa shape index (κ3) is 7.90. The maximum Gasteiger partial charge on any atom is 0.314 e. The standard InChI is InChI=1S/C15H28N2O4/c1-11(2)10-21-8-7-16-15(20)17-9-12-3-5-13(6-4-12)14(18)19/h11-13H,3-10H2,1-2H3,(H,18,19)(H2,16,17,20). The summed E-state index contributed by atoms with van der Waals surface area (Å²) in [5, 5.41) is 14.5. The van der Waals surface area contributed by atoms with E-state index in [2.05, 4.69) is 24.5 Å². The predicted octanol–water partition coefficient (Wildman–Crippen LogP) is 1.85. The molecule has 0 aliphatic heterocycles. The highest BCUT2D eigenvalue weighted by molar-refractivity contribution is 5.73. The molecule has 1 rings (SSSR count). The number of carboxylic acid groups (broad SMARTS) is 1. The summed E-state index contributed by atoms with van der Waals surface area (Å²) in [6.45, 7) is 6.51. The molecule has 0 atom stereocenters. The first-order chi connectivity index (χ1) is 9.99. The zero-order valence-electron chi connectivity index (χ0n) is 13.1. The third-order valence-corrected chi connectivity index (χ3v) is 3.73. The van der Waals surface area contributed by atoms with Gasteiger partial charge in [0.2, 0.25) is 0 Å². The Bertz CT molecular complexity index is 326. The summed E-state index contributed by atoms with van der Waals surface area (Å²) in [5.41, 5.74) is 0. The van der Waals surface area contributed by atoms with E-state index in [1.807, 2.05) is 0 Å². The van der Waals surface area contributed by atoms with Gasteiger partial charge in [0.05, 0.1) is 12.5 Å². The molecule has 122 valence electrons. The minimum atomic E-state index is -0.694. The molecule has 3 N–H and O–H groups in total. The number of hydrogen-bond acceptors (Lipinski definition) is 3. The smallest absolute Gasteiger partial charge is 0.314 e. The maximum absolute atomic E-state index is 11.6. The number of urea groups is 1. The number of nitrogens with one attached hydrogen (secondary N) is 2. The van der Waals surface area contributed by atoms with E-state index in [0.29, 0.717) is 51.0 Å². The van der Waals surface area contributed by atoms with Crippen LogP contribution >= 0.6 is 0 Å². The van der Waals surface area contributed by atoms with Gasteiger partial charge in [-0.3, -0.25) is 4.79 Å². The lowest BCUT2D eigenvalue weighted by atomic mass is 9.82. The lowest BCUT2D eigenvalue weighted by molar-refractivity contribution is -0.143. The third-order valence-electron chi connectivity index (χ3n) is 3.73. The summed E-state index contributed by atoms with van der Waals surface area (Å²) >= 11 is 0. The van der Waals surface area contributed by atoms with Crippen LogP contribution in [0, 0.1) is 17.8 Å².